The van der Waals surface area contributed by atoms with Crippen molar-refractivity contribution in [1.29, 1.82) is 0 Å². The first-order valence-corrected chi connectivity index (χ1v) is 9.48. The van der Waals surface area contributed by atoms with Crippen molar-refractivity contribution >= 4 is 23.1 Å². The van der Waals surface area contributed by atoms with E-state index in [0.29, 0.717) is 0 Å². The van der Waals surface area contributed by atoms with Gasteiger partial charge >= 0.3 is 0 Å². The van der Waals surface area contributed by atoms with Crippen LogP contribution in [0.25, 0.3) is 16.8 Å². The molecule has 0 saturated carbocycles. The van der Waals surface area contributed by atoms with E-state index in [1.165, 1.54) is 16.3 Å². The second-order valence-electron chi connectivity index (χ2n) is 7.02. The first-order valence-electron chi connectivity index (χ1n) is 9.48. The third-order valence-electron chi connectivity index (χ3n) is 4.96. The van der Waals surface area contributed by atoms with Gasteiger partial charge in [-0.2, -0.15) is 5.10 Å². The molecule has 1 aliphatic heterocycles. The zero-order valence-corrected chi connectivity index (χ0v) is 15.7. The van der Waals surface area contributed by atoms with E-state index in [1.54, 1.807) is 6.26 Å². The summed E-state index contributed by atoms with van der Waals surface area (Å²) >= 11 is 0. The van der Waals surface area contributed by atoms with Gasteiger partial charge in [-0.3, -0.25) is 9.91 Å². The molecule has 138 valence electrons. The number of benzene rings is 2. The van der Waals surface area contributed by atoms with Crippen LogP contribution in [0, 0.1) is 0 Å². The van der Waals surface area contributed by atoms with Crippen molar-refractivity contribution in [2.75, 3.05) is 26.2 Å². The smallest absolute Gasteiger partial charge is 0.126 e. The zero-order valence-electron chi connectivity index (χ0n) is 15.7. The predicted octanol–water partition coefficient (Wildman–Crippen LogP) is 4.64. The van der Waals surface area contributed by atoms with Crippen molar-refractivity contribution in [2.24, 2.45) is 5.10 Å². The highest BCUT2D eigenvalue weighted by Crippen LogP contribution is 2.20. The molecule has 0 radical (unpaired) electrons. The fourth-order valence-electron chi connectivity index (χ4n) is 3.49. The van der Waals surface area contributed by atoms with Crippen molar-refractivity contribution < 1.29 is 4.42 Å². The van der Waals surface area contributed by atoms with Gasteiger partial charge in [0, 0.05) is 32.7 Å². The Kier molecular flexibility index (Phi) is 5.35. The summed E-state index contributed by atoms with van der Waals surface area (Å²) < 4.78 is 5.34. The summed E-state index contributed by atoms with van der Waals surface area (Å²) in [4.78, 5) is 2.51. The number of fused-ring (bicyclic) bond motifs is 1. The van der Waals surface area contributed by atoms with Gasteiger partial charge in [0.15, 0.2) is 0 Å². The van der Waals surface area contributed by atoms with Crippen molar-refractivity contribution in [3.05, 3.63) is 77.8 Å². The third kappa shape index (κ3) is 4.47. The van der Waals surface area contributed by atoms with Crippen LogP contribution in [0.5, 0.6) is 0 Å². The molecule has 0 spiro atoms. The number of hydrogen-bond donors (Lipinski definition) is 0. The second-order valence-corrected chi connectivity index (χ2v) is 7.02. The van der Waals surface area contributed by atoms with Crippen molar-refractivity contribution in [1.82, 2.24) is 9.91 Å². The van der Waals surface area contributed by atoms with Gasteiger partial charge in [-0.15, -0.1) is 0 Å². The Balaban J connectivity index is 1.33. The number of allylic oxidation sites excluding steroid dienone is 1. The van der Waals surface area contributed by atoms with E-state index < -0.39 is 0 Å². The molecule has 27 heavy (non-hydrogen) atoms. The van der Waals surface area contributed by atoms with Crippen molar-refractivity contribution in [3.63, 3.8) is 0 Å². The Morgan fingerprint density at radius 2 is 1.81 bits per heavy atom. The van der Waals surface area contributed by atoms with Crippen LogP contribution in [0.15, 0.2) is 76.0 Å². The summed E-state index contributed by atoms with van der Waals surface area (Å²) in [7, 11) is 0. The highest BCUT2D eigenvalue weighted by Gasteiger charge is 2.16. The molecule has 0 amide bonds. The van der Waals surface area contributed by atoms with E-state index in [2.05, 4.69) is 57.5 Å². The topological polar surface area (TPSA) is 32.0 Å². The molecule has 3 aromatic rings. The molecule has 2 aromatic carbocycles. The number of hydrogen-bond acceptors (Lipinski definition) is 4. The highest BCUT2D eigenvalue weighted by molar-refractivity contribution is 5.85. The van der Waals surface area contributed by atoms with Gasteiger partial charge < -0.3 is 4.42 Å². The minimum absolute atomic E-state index is 0.860. The number of furan rings is 1. The monoisotopic (exact) mass is 359 g/mol. The van der Waals surface area contributed by atoms with Crippen LogP contribution < -0.4 is 0 Å². The summed E-state index contributed by atoms with van der Waals surface area (Å²) in [6, 6.07) is 19.1. The van der Waals surface area contributed by atoms with Gasteiger partial charge in [-0.05, 0) is 47.0 Å². The van der Waals surface area contributed by atoms with E-state index in [1.807, 2.05) is 31.3 Å². The van der Waals surface area contributed by atoms with Crippen molar-refractivity contribution in [3.8, 4) is 0 Å². The number of nitrogens with zero attached hydrogens (tertiary/aromatic N) is 3. The van der Waals surface area contributed by atoms with Gasteiger partial charge in [0.1, 0.15) is 5.76 Å². The Morgan fingerprint density at radius 3 is 2.63 bits per heavy atom. The average Bonchev–Trinajstić information content (AvgIpc) is 3.21. The maximum atomic E-state index is 5.34. The standard InChI is InChI=1S/C23H25N3O/c1-19(16-22-9-5-15-27-22)17-24-26-13-11-25(12-14-26)18-21-8-4-7-20-6-2-3-10-23(20)21/h2-10,15-17H,11-14,18H2,1H3. The summed E-state index contributed by atoms with van der Waals surface area (Å²) in [5.74, 6) is 0.860. The van der Waals surface area contributed by atoms with E-state index in [0.717, 1.165) is 44.1 Å². The van der Waals surface area contributed by atoms with Crippen LogP contribution in [0.2, 0.25) is 0 Å². The third-order valence-corrected chi connectivity index (χ3v) is 4.96. The van der Waals surface area contributed by atoms with Gasteiger partial charge in [0.25, 0.3) is 0 Å². The Hall–Kier alpha value is -2.85. The fourth-order valence-corrected chi connectivity index (χ4v) is 3.49. The quantitative estimate of drug-likeness (QED) is 0.622. The molecule has 0 aliphatic carbocycles. The number of rotatable bonds is 5. The summed E-state index contributed by atoms with van der Waals surface area (Å²) in [5, 5.41) is 9.46. The Labute approximate surface area is 160 Å². The molecule has 1 fully saturated rings. The Bertz CT molecular complexity index is 930. The number of hydrazone groups is 1. The Morgan fingerprint density at radius 1 is 1.00 bits per heavy atom. The lowest BCUT2D eigenvalue weighted by atomic mass is 10.0. The maximum Gasteiger partial charge on any atom is 0.126 e. The molecule has 1 aromatic heterocycles. The zero-order chi connectivity index (χ0) is 18.5. The molecule has 4 heteroatoms. The first kappa shape index (κ1) is 17.6. The number of piperazine rings is 1. The van der Waals surface area contributed by atoms with Crippen LogP contribution in [0.3, 0.4) is 0 Å². The molecule has 1 aliphatic rings. The van der Waals surface area contributed by atoms with Crippen LogP contribution in [0.4, 0.5) is 0 Å². The largest absolute Gasteiger partial charge is 0.465 e. The molecule has 0 unspecified atom stereocenters. The van der Waals surface area contributed by atoms with Crippen LogP contribution in [-0.4, -0.2) is 42.3 Å². The SMILES string of the molecule is CC(C=NN1CCN(Cc2cccc3ccccc23)CC1)=Cc1ccco1. The highest BCUT2D eigenvalue weighted by atomic mass is 16.3. The first-order chi connectivity index (χ1) is 13.3. The molecule has 2 heterocycles. The van der Waals surface area contributed by atoms with Gasteiger partial charge in [-0.25, -0.2) is 0 Å². The molecule has 4 nitrogen and oxygen atoms in total. The molecule has 0 bridgehead atoms. The van der Waals surface area contributed by atoms with Crippen LogP contribution >= 0.6 is 0 Å². The maximum absolute atomic E-state index is 5.34. The minimum Gasteiger partial charge on any atom is -0.465 e. The van der Waals surface area contributed by atoms with Gasteiger partial charge in [0.05, 0.1) is 12.5 Å². The predicted molar refractivity (Wildman–Crippen MR) is 112 cm³/mol. The normalized spacial score (nSPS) is 16.5. The van der Waals surface area contributed by atoms with E-state index in [-0.39, 0.29) is 0 Å². The molecule has 0 N–H and O–H groups in total. The lowest BCUT2D eigenvalue weighted by Gasteiger charge is -2.33. The second kappa shape index (κ2) is 8.23. The van der Waals surface area contributed by atoms with E-state index >= 15 is 0 Å². The van der Waals surface area contributed by atoms with Crippen LogP contribution in [0.1, 0.15) is 18.2 Å². The molecule has 4 rings (SSSR count). The van der Waals surface area contributed by atoms with Crippen LogP contribution in [-0.2, 0) is 6.54 Å². The molecular weight excluding hydrogens is 334 g/mol. The average molecular weight is 359 g/mol. The van der Waals surface area contributed by atoms with Crippen molar-refractivity contribution in [2.45, 2.75) is 13.5 Å². The lowest BCUT2D eigenvalue weighted by molar-refractivity contribution is 0.131. The molecular formula is C23H25N3O. The van der Waals surface area contributed by atoms with Gasteiger partial charge in [-0.1, -0.05) is 42.5 Å². The molecule has 0 atom stereocenters. The minimum atomic E-state index is 0.860. The fraction of sp³-hybridized carbons (Fsp3) is 0.261. The summed E-state index contributed by atoms with van der Waals surface area (Å²) in [5.41, 5.74) is 2.49. The van der Waals surface area contributed by atoms with E-state index in [9.17, 15) is 0 Å². The summed E-state index contributed by atoms with van der Waals surface area (Å²) in [6.07, 6.45) is 5.61. The van der Waals surface area contributed by atoms with E-state index in [4.69, 9.17) is 4.42 Å². The summed E-state index contributed by atoms with van der Waals surface area (Å²) in [6.45, 7) is 7.01. The van der Waals surface area contributed by atoms with Gasteiger partial charge in [0.2, 0.25) is 0 Å². The lowest BCUT2D eigenvalue weighted by Crippen LogP contribution is -2.43. The molecule has 1 saturated heterocycles.